The van der Waals surface area contributed by atoms with Crippen LogP contribution in [0, 0.1) is 51.8 Å². The maximum Gasteiger partial charge on any atom is 0.00724 e. The molecule has 1 heterocycles. The molecule has 6 fully saturated rings. The van der Waals surface area contributed by atoms with E-state index in [0.29, 0.717) is 16.2 Å². The Morgan fingerprint density at radius 1 is 0.684 bits per heavy atom. The van der Waals surface area contributed by atoms with Crippen LogP contribution < -0.4 is 0 Å². The highest BCUT2D eigenvalue weighted by Gasteiger charge is 2.70. The lowest BCUT2D eigenvalue weighted by Crippen LogP contribution is -2.52. The van der Waals surface area contributed by atoms with Gasteiger partial charge < -0.3 is 0 Å². The van der Waals surface area contributed by atoms with Gasteiger partial charge in [-0.2, -0.15) is 0 Å². The molecular weight excluding hydrogens is 476 g/mol. The average Bonchev–Trinajstić information content (AvgIpc) is 3.43. The molecule has 7 aliphatic carbocycles. The van der Waals surface area contributed by atoms with Crippen molar-refractivity contribution >= 4 is 10.0 Å². The van der Waals surface area contributed by atoms with Crippen LogP contribution in [0.5, 0.6) is 0 Å². The normalized spacial score (nSPS) is 50.6. The lowest BCUT2D eigenvalue weighted by atomic mass is 9.57. The second-order valence-corrected chi connectivity index (χ2v) is 20.9. The molecule has 0 aromatic heterocycles. The van der Waals surface area contributed by atoms with E-state index in [0.717, 1.165) is 46.0 Å². The minimum atomic E-state index is -0.801. The lowest BCUT2D eigenvalue weighted by Gasteiger charge is -2.68. The molecule has 0 nitrogen and oxygen atoms in total. The van der Waals surface area contributed by atoms with Crippen molar-refractivity contribution in [2.75, 3.05) is 6.26 Å². The zero-order valence-corrected chi connectivity index (χ0v) is 26.4. The third kappa shape index (κ3) is 3.02. The Morgan fingerprint density at radius 2 is 1.39 bits per heavy atom. The van der Waals surface area contributed by atoms with Crippen LogP contribution in [-0.4, -0.2) is 16.8 Å². The number of rotatable bonds is 1. The average molecular weight is 531 g/mol. The zero-order valence-electron chi connectivity index (χ0n) is 25.5. The monoisotopic (exact) mass is 530 g/mol. The van der Waals surface area contributed by atoms with Crippen LogP contribution in [0.2, 0.25) is 0 Å². The van der Waals surface area contributed by atoms with Crippen molar-refractivity contribution in [1.82, 2.24) is 0 Å². The highest BCUT2D eigenvalue weighted by Crippen LogP contribution is 2.87. The van der Waals surface area contributed by atoms with Gasteiger partial charge in [-0.25, -0.2) is 10.0 Å². The van der Waals surface area contributed by atoms with E-state index in [2.05, 4.69) is 70.9 Å². The van der Waals surface area contributed by atoms with Crippen molar-refractivity contribution in [2.24, 2.45) is 51.8 Å². The number of allylic oxidation sites excluding steroid dienone is 8. The largest absolute Gasteiger partial charge is 0.213 e. The zero-order chi connectivity index (χ0) is 26.4. The van der Waals surface area contributed by atoms with E-state index >= 15 is 0 Å². The predicted octanol–water partition coefficient (Wildman–Crippen LogP) is 10.4. The molecule has 5 saturated carbocycles. The molecule has 9 unspecified atom stereocenters. The molecular formula is C37H54S. The maximum absolute atomic E-state index is 2.93. The summed E-state index contributed by atoms with van der Waals surface area (Å²) in [4.78, 5) is 2.10. The first-order valence-corrected chi connectivity index (χ1v) is 18.8. The molecule has 38 heavy (non-hydrogen) atoms. The summed E-state index contributed by atoms with van der Waals surface area (Å²) in [5.41, 5.74) is 8.32. The Morgan fingerprint density at radius 3 is 2.21 bits per heavy atom. The number of hydrogen-bond acceptors (Lipinski definition) is 0. The fourth-order valence-corrected chi connectivity index (χ4v) is 18.1. The minimum absolute atomic E-state index is 0.336. The summed E-state index contributed by atoms with van der Waals surface area (Å²) in [6.07, 6.45) is 27.7. The number of hydrogen-bond donors (Lipinski definition) is 0. The van der Waals surface area contributed by atoms with E-state index < -0.39 is 10.0 Å². The van der Waals surface area contributed by atoms with E-state index in [1.807, 2.05) is 11.1 Å². The molecule has 0 aromatic carbocycles. The van der Waals surface area contributed by atoms with E-state index in [-0.39, 0.29) is 0 Å². The summed E-state index contributed by atoms with van der Waals surface area (Å²) in [7, 11) is -0.801. The van der Waals surface area contributed by atoms with Crippen LogP contribution in [0.1, 0.15) is 112 Å². The topological polar surface area (TPSA) is 0 Å². The van der Waals surface area contributed by atoms with Crippen LogP contribution in [0.15, 0.2) is 45.4 Å². The highest BCUT2D eigenvalue weighted by molar-refractivity contribution is 8.38. The molecule has 0 radical (unpaired) electrons. The first-order chi connectivity index (χ1) is 18.0. The van der Waals surface area contributed by atoms with Crippen molar-refractivity contribution in [3.63, 3.8) is 0 Å². The lowest BCUT2D eigenvalue weighted by molar-refractivity contribution is 0.245. The van der Waals surface area contributed by atoms with Gasteiger partial charge in [0.2, 0.25) is 0 Å². The Hall–Kier alpha value is -0.690. The fraction of sp³-hybridized carbons (Fsp3) is 0.784. The standard InChI is InChI=1S/C37H54S/c1-35(2)16-10-12-23-19-27-25(20-28(23)35)26-21-29-32(37(5,6)18-17-36(29,3)4)34-31(26)33(27)38(34,7)30-15-14-22-11-8-9-13-24(22)30/h19-22,24-27,30-31,33H,8-18H2,1-7H3. The van der Waals surface area contributed by atoms with Crippen molar-refractivity contribution in [2.45, 2.75) is 123 Å². The van der Waals surface area contributed by atoms with Gasteiger partial charge >= 0.3 is 0 Å². The third-order valence-electron chi connectivity index (χ3n) is 14.0. The van der Waals surface area contributed by atoms with Crippen LogP contribution in [0.25, 0.3) is 0 Å². The summed E-state index contributed by atoms with van der Waals surface area (Å²) in [5.74, 6) is 5.29. The van der Waals surface area contributed by atoms with Gasteiger partial charge in [-0.05, 0) is 136 Å². The molecule has 9 atom stereocenters. The molecule has 0 aromatic rings. The molecule has 208 valence electrons. The van der Waals surface area contributed by atoms with Gasteiger partial charge in [-0.15, -0.1) is 0 Å². The van der Waals surface area contributed by atoms with Gasteiger partial charge in [0, 0.05) is 11.2 Å². The van der Waals surface area contributed by atoms with Crippen LogP contribution in [-0.2, 0) is 0 Å². The van der Waals surface area contributed by atoms with Crippen molar-refractivity contribution in [3.8, 4) is 0 Å². The molecule has 1 aliphatic heterocycles. The molecule has 1 heteroatoms. The van der Waals surface area contributed by atoms with Gasteiger partial charge in [0.1, 0.15) is 0 Å². The van der Waals surface area contributed by atoms with Crippen molar-refractivity contribution < 1.29 is 0 Å². The molecule has 8 aliphatic rings. The quantitative estimate of drug-likeness (QED) is 0.316. The van der Waals surface area contributed by atoms with E-state index in [9.17, 15) is 0 Å². The second-order valence-electron chi connectivity index (χ2n) is 17.2. The van der Waals surface area contributed by atoms with Gasteiger partial charge in [0.15, 0.2) is 0 Å². The Labute approximate surface area is 235 Å². The number of fused-ring (bicyclic) bond motifs is 6. The summed E-state index contributed by atoms with van der Waals surface area (Å²) in [5, 5.41) is 1.97. The predicted molar refractivity (Wildman–Crippen MR) is 165 cm³/mol. The summed E-state index contributed by atoms with van der Waals surface area (Å²) < 4.78 is 0. The second kappa shape index (κ2) is 7.77. The van der Waals surface area contributed by atoms with Crippen molar-refractivity contribution in [1.29, 1.82) is 0 Å². The molecule has 0 N–H and O–H groups in total. The molecule has 1 saturated heterocycles. The Balaban J connectivity index is 1.34. The van der Waals surface area contributed by atoms with Gasteiger partial charge in [0.05, 0.1) is 0 Å². The molecule has 0 bridgehead atoms. The smallest absolute Gasteiger partial charge is 0.00724 e. The molecule has 0 amide bonds. The summed E-state index contributed by atoms with van der Waals surface area (Å²) in [6, 6.07) is 0. The Bertz CT molecular complexity index is 1200. The van der Waals surface area contributed by atoms with Crippen LogP contribution >= 0.6 is 10.0 Å². The maximum atomic E-state index is 2.93. The van der Waals surface area contributed by atoms with E-state index in [4.69, 9.17) is 0 Å². The summed E-state index contributed by atoms with van der Waals surface area (Å²) in [6.45, 7) is 15.5. The molecule has 8 rings (SSSR count). The van der Waals surface area contributed by atoms with Crippen LogP contribution in [0.4, 0.5) is 0 Å². The first-order valence-electron chi connectivity index (χ1n) is 16.6. The summed E-state index contributed by atoms with van der Waals surface area (Å²) >= 11 is 0. The Kier molecular flexibility index (Phi) is 5.13. The highest BCUT2D eigenvalue weighted by atomic mass is 32.3. The van der Waals surface area contributed by atoms with Gasteiger partial charge in [0.25, 0.3) is 0 Å². The van der Waals surface area contributed by atoms with E-state index in [1.165, 1.54) is 44.9 Å². The van der Waals surface area contributed by atoms with Crippen LogP contribution in [0.3, 0.4) is 0 Å². The third-order valence-corrected chi connectivity index (χ3v) is 19.0. The molecule has 0 spiro atoms. The van der Waals surface area contributed by atoms with E-state index in [1.54, 1.807) is 36.8 Å². The van der Waals surface area contributed by atoms with Crippen molar-refractivity contribution in [3.05, 3.63) is 45.4 Å². The SMILES string of the molecule is CC1(C)CCCC2=CC3C(C=C21)C1C=C2C(=C4C1C3S4(C)C1CCC3CCCCC31)C(C)(C)CCC2(C)C. The van der Waals surface area contributed by atoms with Gasteiger partial charge in [-0.3, -0.25) is 0 Å². The fourth-order valence-electron chi connectivity index (χ4n) is 12.1. The van der Waals surface area contributed by atoms with Gasteiger partial charge in [-0.1, -0.05) is 79.0 Å². The minimum Gasteiger partial charge on any atom is -0.213 e. The first kappa shape index (κ1) is 25.1.